The highest BCUT2D eigenvalue weighted by Gasteiger charge is 2.37. The highest BCUT2D eigenvalue weighted by molar-refractivity contribution is 6.30. The van der Waals surface area contributed by atoms with Crippen molar-refractivity contribution in [3.05, 3.63) is 82.0 Å². The van der Waals surface area contributed by atoms with Crippen molar-refractivity contribution in [2.24, 2.45) is 5.92 Å². The van der Waals surface area contributed by atoms with E-state index in [4.69, 9.17) is 27.9 Å². The first-order chi connectivity index (χ1) is 12.0. The van der Waals surface area contributed by atoms with Gasteiger partial charge >= 0.3 is 0 Å². The van der Waals surface area contributed by atoms with Crippen molar-refractivity contribution in [3.63, 3.8) is 0 Å². The second-order valence-corrected chi connectivity index (χ2v) is 6.98. The van der Waals surface area contributed by atoms with Crippen molar-refractivity contribution >= 4 is 29.1 Å². The number of ether oxygens (including phenoxy) is 1. The minimum Gasteiger partial charge on any atom is -0.490 e. The Morgan fingerprint density at radius 1 is 1.08 bits per heavy atom. The Hall–Kier alpha value is -1.97. The van der Waals surface area contributed by atoms with Crippen molar-refractivity contribution in [1.29, 1.82) is 0 Å². The smallest absolute Gasteiger partial charge is 0.227 e. The number of halogens is 2. The van der Waals surface area contributed by atoms with Gasteiger partial charge in [0, 0.05) is 23.0 Å². The average molecular weight is 376 g/mol. The van der Waals surface area contributed by atoms with Crippen LogP contribution in [0.15, 0.2) is 60.9 Å². The van der Waals surface area contributed by atoms with Crippen LogP contribution in [-0.4, -0.2) is 12.5 Å². The van der Waals surface area contributed by atoms with Crippen molar-refractivity contribution in [3.8, 4) is 0 Å². The SMILES string of the molecule is C=C1CC(C(=O)NCCc2ccc(Cl)cc2)[C@H](c2ccc(Cl)cc2)O1. The first-order valence-corrected chi connectivity index (χ1v) is 8.90. The topological polar surface area (TPSA) is 38.3 Å². The average Bonchev–Trinajstić information content (AvgIpc) is 2.99. The minimum absolute atomic E-state index is 0.0208. The standard InChI is InChI=1S/C20H19Cl2NO2/c1-13-12-18(19(25-13)15-4-8-17(22)9-5-15)20(24)23-11-10-14-2-6-16(21)7-3-14/h2-9,18-19H,1,10-12H2,(H,23,24)/t18?,19-/m0/s1. The maximum atomic E-state index is 12.6. The van der Waals surface area contributed by atoms with Crippen LogP contribution in [0.25, 0.3) is 0 Å². The van der Waals surface area contributed by atoms with Crippen LogP contribution < -0.4 is 5.32 Å². The fourth-order valence-electron chi connectivity index (χ4n) is 2.96. The monoisotopic (exact) mass is 375 g/mol. The molecule has 25 heavy (non-hydrogen) atoms. The van der Waals surface area contributed by atoms with E-state index in [0.29, 0.717) is 28.8 Å². The van der Waals surface area contributed by atoms with Crippen molar-refractivity contribution in [2.45, 2.75) is 18.9 Å². The van der Waals surface area contributed by atoms with Gasteiger partial charge in [0.25, 0.3) is 0 Å². The predicted molar refractivity (Wildman–Crippen MR) is 101 cm³/mol. The quantitative estimate of drug-likeness (QED) is 0.803. The molecule has 1 aliphatic rings. The van der Waals surface area contributed by atoms with E-state index in [1.54, 1.807) is 12.1 Å². The van der Waals surface area contributed by atoms with E-state index in [0.717, 1.165) is 17.5 Å². The second-order valence-electron chi connectivity index (χ2n) is 6.11. The summed E-state index contributed by atoms with van der Waals surface area (Å²) in [5.74, 6) is 0.337. The number of nitrogens with one attached hydrogen (secondary N) is 1. The molecule has 5 heteroatoms. The molecule has 0 aliphatic carbocycles. The van der Waals surface area contributed by atoms with Crippen molar-refractivity contribution in [1.82, 2.24) is 5.32 Å². The first kappa shape index (κ1) is 17.8. The molecular formula is C20H19Cl2NO2. The van der Waals surface area contributed by atoms with Crippen LogP contribution in [0.2, 0.25) is 10.0 Å². The Morgan fingerprint density at radius 2 is 1.68 bits per heavy atom. The number of allylic oxidation sites excluding steroid dienone is 1. The van der Waals surface area contributed by atoms with Gasteiger partial charge in [-0.2, -0.15) is 0 Å². The van der Waals surface area contributed by atoms with Crippen molar-refractivity contribution in [2.75, 3.05) is 6.54 Å². The Labute approximate surface area is 157 Å². The third kappa shape index (κ3) is 4.56. The van der Waals surface area contributed by atoms with E-state index < -0.39 is 0 Å². The number of hydrogen-bond donors (Lipinski definition) is 1. The van der Waals surface area contributed by atoms with Crippen LogP contribution in [0.5, 0.6) is 0 Å². The van der Waals surface area contributed by atoms with Gasteiger partial charge in [-0.15, -0.1) is 0 Å². The van der Waals surface area contributed by atoms with E-state index >= 15 is 0 Å². The Morgan fingerprint density at radius 3 is 2.32 bits per heavy atom. The molecule has 0 radical (unpaired) electrons. The van der Waals surface area contributed by atoms with Gasteiger partial charge in [0.1, 0.15) is 6.10 Å². The van der Waals surface area contributed by atoms with Crippen LogP contribution in [0.1, 0.15) is 23.7 Å². The fourth-order valence-corrected chi connectivity index (χ4v) is 3.21. The lowest BCUT2D eigenvalue weighted by atomic mass is 9.94. The summed E-state index contributed by atoms with van der Waals surface area (Å²) < 4.78 is 5.79. The van der Waals surface area contributed by atoms with E-state index in [2.05, 4.69) is 11.9 Å². The van der Waals surface area contributed by atoms with Gasteiger partial charge in [0.15, 0.2) is 0 Å². The number of carbonyl (C=O) groups excluding carboxylic acids is 1. The summed E-state index contributed by atoms with van der Waals surface area (Å²) in [6, 6.07) is 15.0. The molecule has 1 aliphatic heterocycles. The largest absolute Gasteiger partial charge is 0.490 e. The molecule has 1 heterocycles. The zero-order valence-electron chi connectivity index (χ0n) is 13.7. The summed E-state index contributed by atoms with van der Waals surface area (Å²) in [6.45, 7) is 4.44. The first-order valence-electron chi connectivity index (χ1n) is 8.15. The third-order valence-corrected chi connectivity index (χ3v) is 4.77. The van der Waals surface area contributed by atoms with Crippen LogP contribution in [-0.2, 0) is 16.0 Å². The summed E-state index contributed by atoms with van der Waals surface area (Å²) >= 11 is 11.8. The summed E-state index contributed by atoms with van der Waals surface area (Å²) in [4.78, 5) is 12.6. The Bertz CT molecular complexity index is 756. The molecule has 1 unspecified atom stereocenters. The Kier molecular flexibility index (Phi) is 5.67. The second kappa shape index (κ2) is 7.94. The molecule has 1 amide bonds. The third-order valence-electron chi connectivity index (χ3n) is 4.27. The maximum Gasteiger partial charge on any atom is 0.227 e. The summed E-state index contributed by atoms with van der Waals surface area (Å²) in [6.07, 6.45) is 0.962. The van der Waals surface area contributed by atoms with E-state index in [1.807, 2.05) is 36.4 Å². The van der Waals surface area contributed by atoms with Gasteiger partial charge in [0.05, 0.1) is 11.7 Å². The molecule has 2 atom stereocenters. The van der Waals surface area contributed by atoms with Gasteiger partial charge in [-0.1, -0.05) is 54.0 Å². The normalized spacial score (nSPS) is 19.5. The number of rotatable bonds is 5. The molecule has 0 spiro atoms. The summed E-state index contributed by atoms with van der Waals surface area (Å²) in [7, 11) is 0. The number of amides is 1. The summed E-state index contributed by atoms with van der Waals surface area (Å²) in [5, 5.41) is 4.37. The predicted octanol–water partition coefficient (Wildman–Crippen LogP) is 4.94. The molecule has 0 saturated carbocycles. The van der Waals surface area contributed by atoms with Gasteiger partial charge in [-0.05, 0) is 41.8 Å². The van der Waals surface area contributed by atoms with Crippen LogP contribution >= 0.6 is 23.2 Å². The van der Waals surface area contributed by atoms with E-state index in [9.17, 15) is 4.79 Å². The van der Waals surface area contributed by atoms with Crippen LogP contribution in [0, 0.1) is 5.92 Å². The number of hydrogen-bond acceptors (Lipinski definition) is 2. The Balaban J connectivity index is 1.60. The molecule has 2 aromatic rings. The molecule has 0 aromatic heterocycles. The van der Waals surface area contributed by atoms with Gasteiger partial charge in [0.2, 0.25) is 5.91 Å². The highest BCUT2D eigenvalue weighted by atomic mass is 35.5. The summed E-state index contributed by atoms with van der Waals surface area (Å²) in [5.41, 5.74) is 2.06. The minimum atomic E-state index is -0.319. The molecule has 1 saturated heterocycles. The molecule has 3 rings (SSSR count). The lowest BCUT2D eigenvalue weighted by Gasteiger charge is -2.18. The molecule has 3 nitrogen and oxygen atoms in total. The molecule has 0 bridgehead atoms. The lowest BCUT2D eigenvalue weighted by molar-refractivity contribution is -0.126. The van der Waals surface area contributed by atoms with Crippen molar-refractivity contribution < 1.29 is 9.53 Å². The molecule has 130 valence electrons. The molecule has 2 aromatic carbocycles. The molecule has 1 fully saturated rings. The zero-order chi connectivity index (χ0) is 17.8. The lowest BCUT2D eigenvalue weighted by Crippen LogP contribution is -2.33. The van der Waals surface area contributed by atoms with Crippen LogP contribution in [0.4, 0.5) is 0 Å². The van der Waals surface area contributed by atoms with Gasteiger partial charge < -0.3 is 10.1 Å². The van der Waals surface area contributed by atoms with Gasteiger partial charge in [-0.3, -0.25) is 4.79 Å². The maximum absolute atomic E-state index is 12.6. The fraction of sp³-hybridized carbons (Fsp3) is 0.250. The number of carbonyl (C=O) groups is 1. The number of benzene rings is 2. The molecule has 1 N–H and O–H groups in total. The molecular weight excluding hydrogens is 357 g/mol. The van der Waals surface area contributed by atoms with E-state index in [-0.39, 0.29) is 17.9 Å². The van der Waals surface area contributed by atoms with Gasteiger partial charge in [-0.25, -0.2) is 0 Å². The van der Waals surface area contributed by atoms with E-state index in [1.165, 1.54) is 0 Å². The zero-order valence-corrected chi connectivity index (χ0v) is 15.2. The van der Waals surface area contributed by atoms with Crippen LogP contribution in [0.3, 0.4) is 0 Å². The highest BCUT2D eigenvalue weighted by Crippen LogP contribution is 2.39.